The highest BCUT2D eigenvalue weighted by molar-refractivity contribution is 5.69. The van der Waals surface area contributed by atoms with E-state index in [4.69, 9.17) is 4.74 Å². The van der Waals surface area contributed by atoms with Gasteiger partial charge in [0.25, 0.3) is 0 Å². The van der Waals surface area contributed by atoms with Gasteiger partial charge in [0.1, 0.15) is 5.60 Å². The van der Waals surface area contributed by atoms with Crippen molar-refractivity contribution >= 4 is 6.09 Å². The summed E-state index contributed by atoms with van der Waals surface area (Å²) in [5.41, 5.74) is 3.16. The standard InChI is InChI=1S/C16H25N3O2/c1-10-13-12(17-18-14(13)11-6-5-7-11)8-9-19(10)15(20)21-16(2,3)4/h10-11H,5-9H2,1-4H3,(H,17,18). The second kappa shape index (κ2) is 5.04. The van der Waals surface area contributed by atoms with Gasteiger partial charge in [-0.2, -0.15) is 5.10 Å². The van der Waals surface area contributed by atoms with Gasteiger partial charge in [0.15, 0.2) is 0 Å². The molecule has 0 radical (unpaired) electrons. The first-order chi connectivity index (χ1) is 9.87. The molecule has 1 aromatic rings. The van der Waals surface area contributed by atoms with Crippen molar-refractivity contribution < 1.29 is 9.53 Å². The third kappa shape index (κ3) is 2.65. The molecule has 1 amide bonds. The third-order valence-electron chi connectivity index (χ3n) is 4.52. The molecule has 0 saturated heterocycles. The number of amides is 1. The molecule has 1 unspecified atom stereocenters. The molecule has 1 atom stereocenters. The Bertz CT molecular complexity index is 540. The fourth-order valence-corrected chi connectivity index (χ4v) is 3.20. The summed E-state index contributed by atoms with van der Waals surface area (Å²) < 4.78 is 5.54. The van der Waals surface area contributed by atoms with Gasteiger partial charge in [0.2, 0.25) is 0 Å². The largest absolute Gasteiger partial charge is 0.444 e. The van der Waals surface area contributed by atoms with Crippen molar-refractivity contribution in [2.75, 3.05) is 6.54 Å². The molecule has 21 heavy (non-hydrogen) atoms. The number of hydrogen-bond donors (Lipinski definition) is 1. The van der Waals surface area contributed by atoms with Gasteiger partial charge < -0.3 is 9.64 Å². The Balaban J connectivity index is 1.82. The van der Waals surface area contributed by atoms with Crippen LogP contribution in [0.15, 0.2) is 0 Å². The summed E-state index contributed by atoms with van der Waals surface area (Å²) in [7, 11) is 0. The van der Waals surface area contributed by atoms with Gasteiger partial charge in [0, 0.05) is 30.1 Å². The average molecular weight is 291 g/mol. The van der Waals surface area contributed by atoms with Crippen molar-refractivity contribution in [3.8, 4) is 0 Å². The average Bonchev–Trinajstić information content (AvgIpc) is 2.69. The van der Waals surface area contributed by atoms with Crippen molar-refractivity contribution in [3.63, 3.8) is 0 Å². The lowest BCUT2D eigenvalue weighted by molar-refractivity contribution is 0.0158. The van der Waals surface area contributed by atoms with Crippen LogP contribution < -0.4 is 0 Å². The van der Waals surface area contributed by atoms with E-state index in [0.29, 0.717) is 12.5 Å². The predicted molar refractivity (Wildman–Crippen MR) is 80.2 cm³/mol. The second-order valence-corrected chi connectivity index (χ2v) is 7.23. The van der Waals surface area contributed by atoms with Gasteiger partial charge >= 0.3 is 6.09 Å². The molecular weight excluding hydrogens is 266 g/mol. The minimum absolute atomic E-state index is 0.0398. The van der Waals surface area contributed by atoms with Crippen molar-refractivity contribution in [1.82, 2.24) is 15.1 Å². The number of fused-ring (bicyclic) bond motifs is 1. The molecule has 1 aliphatic carbocycles. The van der Waals surface area contributed by atoms with E-state index in [2.05, 4.69) is 17.1 Å². The number of ether oxygens (including phenoxy) is 1. The number of rotatable bonds is 1. The molecule has 5 heteroatoms. The number of hydrogen-bond acceptors (Lipinski definition) is 3. The van der Waals surface area contributed by atoms with E-state index in [-0.39, 0.29) is 12.1 Å². The molecule has 2 aliphatic rings. The van der Waals surface area contributed by atoms with Crippen molar-refractivity contribution in [1.29, 1.82) is 0 Å². The molecule has 5 nitrogen and oxygen atoms in total. The normalized spacial score (nSPS) is 22.7. The van der Waals surface area contributed by atoms with Crippen LogP contribution in [0.5, 0.6) is 0 Å². The highest BCUT2D eigenvalue weighted by Gasteiger charge is 2.36. The SMILES string of the molecule is CC1c2c(C3CCC3)n[nH]c2CCN1C(=O)OC(C)(C)C. The van der Waals surface area contributed by atoms with Crippen LogP contribution in [0.3, 0.4) is 0 Å². The second-order valence-electron chi connectivity index (χ2n) is 7.23. The molecule has 2 heterocycles. The fourth-order valence-electron chi connectivity index (χ4n) is 3.20. The molecule has 1 saturated carbocycles. The van der Waals surface area contributed by atoms with Crippen LogP contribution in [-0.4, -0.2) is 33.3 Å². The maximum atomic E-state index is 12.4. The third-order valence-corrected chi connectivity index (χ3v) is 4.52. The number of aromatic nitrogens is 2. The summed E-state index contributed by atoms with van der Waals surface area (Å²) in [6.07, 6.45) is 4.34. The van der Waals surface area contributed by atoms with Crippen LogP contribution in [-0.2, 0) is 11.2 Å². The van der Waals surface area contributed by atoms with Crippen LogP contribution in [0.1, 0.15) is 75.9 Å². The summed E-state index contributed by atoms with van der Waals surface area (Å²) in [6, 6.07) is 0.0398. The Kier molecular flexibility index (Phi) is 3.46. The Labute approximate surface area is 126 Å². The summed E-state index contributed by atoms with van der Waals surface area (Å²) >= 11 is 0. The maximum Gasteiger partial charge on any atom is 0.410 e. The minimum Gasteiger partial charge on any atom is -0.444 e. The Morgan fingerprint density at radius 2 is 2.10 bits per heavy atom. The summed E-state index contributed by atoms with van der Waals surface area (Å²) in [5.74, 6) is 0.575. The van der Waals surface area contributed by atoms with Crippen LogP contribution >= 0.6 is 0 Å². The molecule has 116 valence electrons. The van der Waals surface area contributed by atoms with Crippen LogP contribution in [0.25, 0.3) is 0 Å². The Morgan fingerprint density at radius 1 is 1.38 bits per heavy atom. The van der Waals surface area contributed by atoms with E-state index in [0.717, 1.165) is 6.42 Å². The number of H-pyrrole nitrogens is 1. The van der Waals surface area contributed by atoms with Gasteiger partial charge in [0.05, 0.1) is 11.7 Å². The van der Waals surface area contributed by atoms with Crippen molar-refractivity contribution in [3.05, 3.63) is 17.0 Å². The topological polar surface area (TPSA) is 58.2 Å². The van der Waals surface area contributed by atoms with E-state index in [9.17, 15) is 4.79 Å². The summed E-state index contributed by atoms with van der Waals surface area (Å²) in [4.78, 5) is 14.2. The first kappa shape index (κ1) is 14.4. The molecule has 1 aromatic heterocycles. The zero-order valence-corrected chi connectivity index (χ0v) is 13.4. The van der Waals surface area contributed by atoms with E-state index < -0.39 is 5.60 Å². The van der Waals surface area contributed by atoms with Crippen LogP contribution in [0.4, 0.5) is 4.79 Å². The molecule has 1 N–H and O–H groups in total. The fraction of sp³-hybridized carbons (Fsp3) is 0.750. The molecule has 0 aromatic carbocycles. The monoisotopic (exact) mass is 291 g/mol. The maximum absolute atomic E-state index is 12.4. The van der Waals surface area contributed by atoms with Gasteiger partial charge in [-0.1, -0.05) is 6.42 Å². The van der Waals surface area contributed by atoms with Gasteiger partial charge in [-0.3, -0.25) is 5.10 Å². The number of carbonyl (C=O) groups excluding carboxylic acids is 1. The number of nitrogens with one attached hydrogen (secondary N) is 1. The highest BCUT2D eigenvalue weighted by Crippen LogP contribution is 2.42. The van der Waals surface area contributed by atoms with Gasteiger partial charge in [-0.05, 0) is 40.5 Å². The first-order valence-corrected chi connectivity index (χ1v) is 7.93. The summed E-state index contributed by atoms with van der Waals surface area (Å²) in [5, 5.41) is 7.72. The lowest BCUT2D eigenvalue weighted by atomic mass is 9.79. The number of nitrogens with zero attached hydrogens (tertiary/aromatic N) is 2. The highest BCUT2D eigenvalue weighted by atomic mass is 16.6. The molecule has 1 fully saturated rings. The predicted octanol–water partition coefficient (Wildman–Crippen LogP) is 3.53. The number of aromatic amines is 1. The van der Waals surface area contributed by atoms with E-state index >= 15 is 0 Å². The van der Waals surface area contributed by atoms with E-state index in [1.807, 2.05) is 25.7 Å². The van der Waals surface area contributed by atoms with E-state index in [1.165, 1.54) is 36.2 Å². The van der Waals surface area contributed by atoms with Crippen LogP contribution in [0, 0.1) is 0 Å². The molecule has 1 aliphatic heterocycles. The van der Waals surface area contributed by atoms with Crippen molar-refractivity contribution in [2.45, 2.75) is 70.9 Å². The summed E-state index contributed by atoms with van der Waals surface area (Å²) in [6.45, 7) is 8.49. The van der Waals surface area contributed by atoms with Crippen LogP contribution in [0.2, 0.25) is 0 Å². The first-order valence-electron chi connectivity index (χ1n) is 7.93. The Hall–Kier alpha value is -1.52. The van der Waals surface area contributed by atoms with Gasteiger partial charge in [-0.25, -0.2) is 4.79 Å². The molecule has 0 bridgehead atoms. The molecule has 3 rings (SSSR count). The minimum atomic E-state index is -0.454. The smallest absolute Gasteiger partial charge is 0.410 e. The lowest BCUT2D eigenvalue weighted by Crippen LogP contribution is -2.42. The lowest BCUT2D eigenvalue weighted by Gasteiger charge is -2.36. The number of carbonyl (C=O) groups is 1. The zero-order valence-electron chi connectivity index (χ0n) is 13.4. The van der Waals surface area contributed by atoms with Gasteiger partial charge in [-0.15, -0.1) is 0 Å². The zero-order chi connectivity index (χ0) is 15.2. The molecule has 0 spiro atoms. The van der Waals surface area contributed by atoms with E-state index in [1.54, 1.807) is 0 Å². The molecular formula is C16H25N3O2. The van der Waals surface area contributed by atoms with Crippen molar-refractivity contribution in [2.24, 2.45) is 0 Å². The quantitative estimate of drug-likeness (QED) is 0.861. The Morgan fingerprint density at radius 3 is 2.67 bits per heavy atom.